The lowest BCUT2D eigenvalue weighted by Crippen LogP contribution is -2.36. The molecule has 0 amide bonds. The summed E-state index contributed by atoms with van der Waals surface area (Å²) in [4.78, 5) is 0. The Balaban J connectivity index is 3.46. The molecule has 1 atom stereocenters. The molecule has 0 fully saturated rings. The molecule has 0 aliphatic carbocycles. The molecule has 0 bridgehead atoms. The zero-order chi connectivity index (χ0) is 11.7. The van der Waals surface area contributed by atoms with Crippen LogP contribution in [-0.2, 0) is 4.74 Å². The van der Waals surface area contributed by atoms with E-state index in [2.05, 4.69) is 10.2 Å². The predicted octanol–water partition coefficient (Wildman–Crippen LogP) is 1.98. The predicted molar refractivity (Wildman–Crippen MR) is 52.1 cm³/mol. The van der Waals surface area contributed by atoms with Crippen molar-refractivity contribution in [3.05, 3.63) is 0 Å². The molecule has 0 aromatic carbocycles. The van der Waals surface area contributed by atoms with Gasteiger partial charge in [0.25, 0.3) is 0 Å². The first kappa shape index (κ1) is 14.7. The molecule has 0 saturated carbocycles. The van der Waals surface area contributed by atoms with Crippen molar-refractivity contribution in [3.63, 3.8) is 0 Å². The van der Waals surface area contributed by atoms with Crippen LogP contribution in [0.3, 0.4) is 0 Å². The van der Waals surface area contributed by atoms with Crippen molar-refractivity contribution in [1.82, 2.24) is 5.43 Å². The van der Waals surface area contributed by atoms with E-state index in [0.29, 0.717) is 6.42 Å². The van der Waals surface area contributed by atoms with Crippen LogP contribution < -0.4 is 11.3 Å². The summed E-state index contributed by atoms with van der Waals surface area (Å²) in [7, 11) is 0. The van der Waals surface area contributed by atoms with E-state index in [1.807, 2.05) is 6.92 Å². The number of nitrogens with two attached hydrogens (primary N) is 1. The van der Waals surface area contributed by atoms with Crippen LogP contribution in [0.15, 0.2) is 0 Å². The Kier molecular flexibility index (Phi) is 7.72. The van der Waals surface area contributed by atoms with Gasteiger partial charge in [0.1, 0.15) is 6.61 Å². The quantitative estimate of drug-likeness (QED) is 0.379. The molecule has 0 aliphatic rings. The maximum atomic E-state index is 11.7. The molecule has 3 nitrogen and oxygen atoms in total. The Bertz CT molecular complexity index is 153. The Hall–Kier alpha value is -0.330. The average Bonchev–Trinajstić information content (AvgIpc) is 2.15. The largest absolute Gasteiger partial charge is 0.411 e. The molecule has 3 N–H and O–H groups in total. The standard InChI is InChI=1S/C9H19F3N2O/c1-2-3-4-8(14-13)5-6-15-7-9(10,11)12/h8,14H,2-7,13H2,1H3. The van der Waals surface area contributed by atoms with Gasteiger partial charge in [-0.3, -0.25) is 11.3 Å². The molecule has 0 spiro atoms. The van der Waals surface area contributed by atoms with Gasteiger partial charge in [-0.15, -0.1) is 0 Å². The third kappa shape index (κ3) is 9.96. The second kappa shape index (κ2) is 7.90. The van der Waals surface area contributed by atoms with E-state index in [1.165, 1.54) is 0 Å². The van der Waals surface area contributed by atoms with Gasteiger partial charge in [-0.05, 0) is 12.8 Å². The van der Waals surface area contributed by atoms with E-state index in [0.717, 1.165) is 19.3 Å². The van der Waals surface area contributed by atoms with Crippen molar-refractivity contribution in [3.8, 4) is 0 Å². The number of rotatable bonds is 8. The fraction of sp³-hybridized carbons (Fsp3) is 1.00. The van der Waals surface area contributed by atoms with Crippen molar-refractivity contribution in [2.75, 3.05) is 13.2 Å². The van der Waals surface area contributed by atoms with Gasteiger partial charge in [-0.25, -0.2) is 0 Å². The Morgan fingerprint density at radius 2 is 2.00 bits per heavy atom. The zero-order valence-corrected chi connectivity index (χ0v) is 8.94. The highest BCUT2D eigenvalue weighted by atomic mass is 19.4. The first-order chi connectivity index (χ1) is 6.99. The SMILES string of the molecule is CCCCC(CCOCC(F)(F)F)NN. The molecular formula is C9H19F3N2O. The van der Waals surface area contributed by atoms with E-state index in [4.69, 9.17) is 5.84 Å². The van der Waals surface area contributed by atoms with Gasteiger partial charge in [-0.2, -0.15) is 13.2 Å². The lowest BCUT2D eigenvalue weighted by Gasteiger charge is -2.15. The molecule has 15 heavy (non-hydrogen) atoms. The van der Waals surface area contributed by atoms with Crippen molar-refractivity contribution in [1.29, 1.82) is 0 Å². The van der Waals surface area contributed by atoms with E-state index in [9.17, 15) is 13.2 Å². The minimum absolute atomic E-state index is 0.0400. The summed E-state index contributed by atoms with van der Waals surface area (Å²) in [6.07, 6.45) is -0.820. The van der Waals surface area contributed by atoms with E-state index in [-0.39, 0.29) is 12.6 Å². The number of halogens is 3. The molecule has 92 valence electrons. The minimum Gasteiger partial charge on any atom is -0.372 e. The fourth-order valence-electron chi connectivity index (χ4n) is 1.18. The highest BCUT2D eigenvalue weighted by Crippen LogP contribution is 2.14. The normalized spacial score (nSPS) is 14.2. The molecule has 0 aliphatic heterocycles. The van der Waals surface area contributed by atoms with Crippen LogP contribution in [0.25, 0.3) is 0 Å². The monoisotopic (exact) mass is 228 g/mol. The van der Waals surface area contributed by atoms with E-state index >= 15 is 0 Å². The first-order valence-electron chi connectivity index (χ1n) is 5.10. The van der Waals surface area contributed by atoms with Crippen LogP contribution in [0.1, 0.15) is 32.6 Å². The molecular weight excluding hydrogens is 209 g/mol. The van der Waals surface area contributed by atoms with Crippen LogP contribution in [0.4, 0.5) is 13.2 Å². The van der Waals surface area contributed by atoms with Gasteiger partial charge < -0.3 is 4.74 Å². The van der Waals surface area contributed by atoms with Crippen molar-refractivity contribution in [2.24, 2.45) is 5.84 Å². The highest BCUT2D eigenvalue weighted by Gasteiger charge is 2.27. The van der Waals surface area contributed by atoms with Gasteiger partial charge in [-0.1, -0.05) is 19.8 Å². The van der Waals surface area contributed by atoms with Gasteiger partial charge >= 0.3 is 6.18 Å². The second-order valence-corrected chi connectivity index (χ2v) is 3.46. The maximum absolute atomic E-state index is 11.7. The molecule has 0 heterocycles. The number of alkyl halides is 3. The lowest BCUT2D eigenvalue weighted by molar-refractivity contribution is -0.174. The first-order valence-corrected chi connectivity index (χ1v) is 5.10. The van der Waals surface area contributed by atoms with Crippen molar-refractivity contribution >= 4 is 0 Å². The van der Waals surface area contributed by atoms with E-state index in [1.54, 1.807) is 0 Å². The van der Waals surface area contributed by atoms with Crippen molar-refractivity contribution < 1.29 is 17.9 Å². The lowest BCUT2D eigenvalue weighted by atomic mass is 10.1. The van der Waals surface area contributed by atoms with Crippen LogP contribution in [0.2, 0.25) is 0 Å². The summed E-state index contributed by atoms with van der Waals surface area (Å²) in [5.41, 5.74) is 2.57. The second-order valence-electron chi connectivity index (χ2n) is 3.46. The summed E-state index contributed by atoms with van der Waals surface area (Å²) in [6, 6.07) is 0.0400. The summed E-state index contributed by atoms with van der Waals surface area (Å²) in [5, 5.41) is 0. The molecule has 0 aromatic heterocycles. The number of nitrogens with one attached hydrogen (secondary N) is 1. The van der Waals surface area contributed by atoms with Crippen LogP contribution in [-0.4, -0.2) is 25.4 Å². The zero-order valence-electron chi connectivity index (χ0n) is 8.94. The highest BCUT2D eigenvalue weighted by molar-refractivity contribution is 4.62. The summed E-state index contributed by atoms with van der Waals surface area (Å²) < 4.78 is 39.6. The summed E-state index contributed by atoms with van der Waals surface area (Å²) in [5.74, 6) is 5.25. The Labute approximate surface area is 88.1 Å². The minimum atomic E-state index is -4.24. The van der Waals surface area contributed by atoms with Crippen LogP contribution >= 0.6 is 0 Å². The average molecular weight is 228 g/mol. The number of hydrogen-bond donors (Lipinski definition) is 2. The van der Waals surface area contributed by atoms with Gasteiger partial charge in [0.05, 0.1) is 0 Å². The number of ether oxygens (including phenoxy) is 1. The summed E-state index contributed by atoms with van der Waals surface area (Å²) >= 11 is 0. The Morgan fingerprint density at radius 3 is 2.47 bits per heavy atom. The number of unbranched alkanes of at least 4 members (excludes halogenated alkanes) is 1. The third-order valence-corrected chi connectivity index (χ3v) is 2.02. The van der Waals surface area contributed by atoms with Crippen LogP contribution in [0, 0.1) is 0 Å². The topological polar surface area (TPSA) is 47.3 Å². The van der Waals surface area contributed by atoms with Gasteiger partial charge in [0.2, 0.25) is 0 Å². The van der Waals surface area contributed by atoms with E-state index < -0.39 is 12.8 Å². The molecule has 0 aromatic rings. The molecule has 0 rings (SSSR count). The van der Waals surface area contributed by atoms with Gasteiger partial charge in [0, 0.05) is 12.6 Å². The smallest absolute Gasteiger partial charge is 0.372 e. The molecule has 0 saturated heterocycles. The molecule has 1 unspecified atom stereocenters. The maximum Gasteiger partial charge on any atom is 0.411 e. The number of hydrogen-bond acceptors (Lipinski definition) is 3. The third-order valence-electron chi connectivity index (χ3n) is 2.02. The van der Waals surface area contributed by atoms with Crippen LogP contribution in [0.5, 0.6) is 0 Å². The Morgan fingerprint density at radius 1 is 1.33 bits per heavy atom. The van der Waals surface area contributed by atoms with Gasteiger partial charge in [0.15, 0.2) is 0 Å². The molecule has 0 radical (unpaired) electrons. The fourth-order valence-corrected chi connectivity index (χ4v) is 1.18. The summed E-state index contributed by atoms with van der Waals surface area (Å²) in [6.45, 7) is 0.948. The number of hydrazine groups is 1. The molecule has 6 heteroatoms. The van der Waals surface area contributed by atoms with Crippen molar-refractivity contribution in [2.45, 2.75) is 44.8 Å².